The number of methoxy groups -OCH3 is 1. The van der Waals surface area contributed by atoms with Crippen molar-refractivity contribution in [3.05, 3.63) is 0 Å². The lowest BCUT2D eigenvalue weighted by Crippen LogP contribution is -2.51. The first-order valence-electron chi connectivity index (χ1n) is 3.57. The zero-order valence-corrected chi connectivity index (χ0v) is 6.27. The zero-order chi connectivity index (χ0) is 7.61. The molecule has 0 unspecified atom stereocenters. The largest absolute Gasteiger partial charge is 0.377 e. The van der Waals surface area contributed by atoms with E-state index in [0.717, 1.165) is 12.8 Å². The summed E-state index contributed by atoms with van der Waals surface area (Å²) in [5.41, 5.74) is 5.27. The zero-order valence-electron chi connectivity index (χ0n) is 6.27. The van der Waals surface area contributed by atoms with Crippen molar-refractivity contribution in [2.75, 3.05) is 20.3 Å². The van der Waals surface area contributed by atoms with Crippen molar-refractivity contribution in [3.63, 3.8) is 0 Å². The molecular weight excluding hydrogens is 133 g/mol. The number of ether oxygens (including phenoxy) is 1. The molecule has 0 radical (unpaired) electrons. The van der Waals surface area contributed by atoms with Gasteiger partial charge < -0.3 is 10.5 Å². The van der Waals surface area contributed by atoms with E-state index < -0.39 is 0 Å². The van der Waals surface area contributed by atoms with Gasteiger partial charge >= 0.3 is 0 Å². The first-order chi connectivity index (χ1) is 4.76. The molecule has 1 rings (SSSR count). The highest BCUT2D eigenvalue weighted by Gasteiger charge is 2.43. The molecule has 1 aliphatic carbocycles. The van der Waals surface area contributed by atoms with E-state index >= 15 is 0 Å². The van der Waals surface area contributed by atoms with Gasteiger partial charge in [0.1, 0.15) is 0 Å². The van der Waals surface area contributed by atoms with Crippen LogP contribution in [-0.2, 0) is 4.74 Å². The van der Waals surface area contributed by atoms with Gasteiger partial charge in [0.15, 0.2) is 0 Å². The van der Waals surface area contributed by atoms with E-state index in [4.69, 9.17) is 10.5 Å². The molecule has 1 fully saturated rings. The normalized spacial score (nSPS) is 39.3. The standard InChI is InChI=1S/C7H14FNO/c1-10-7(5-9)2-6(3-7)4-8/h6H,2-5,9H2,1H3. The van der Waals surface area contributed by atoms with Crippen LogP contribution >= 0.6 is 0 Å². The van der Waals surface area contributed by atoms with Crippen LogP contribution in [0.4, 0.5) is 4.39 Å². The summed E-state index contributed by atoms with van der Waals surface area (Å²) in [6, 6.07) is 0. The van der Waals surface area contributed by atoms with Crippen LogP contribution in [0, 0.1) is 5.92 Å². The van der Waals surface area contributed by atoms with Crippen LogP contribution in [-0.4, -0.2) is 25.9 Å². The Kier molecular flexibility index (Phi) is 2.26. The van der Waals surface area contributed by atoms with Crippen LogP contribution in [0.25, 0.3) is 0 Å². The summed E-state index contributed by atoms with van der Waals surface area (Å²) in [6.45, 7) is 0.283. The molecule has 0 aliphatic heterocycles. The molecule has 1 saturated carbocycles. The van der Waals surface area contributed by atoms with Gasteiger partial charge in [-0.25, -0.2) is 0 Å². The van der Waals surface area contributed by atoms with Crippen molar-refractivity contribution in [3.8, 4) is 0 Å². The van der Waals surface area contributed by atoms with Crippen LogP contribution in [0.3, 0.4) is 0 Å². The monoisotopic (exact) mass is 147 g/mol. The van der Waals surface area contributed by atoms with Gasteiger partial charge in [0, 0.05) is 13.7 Å². The van der Waals surface area contributed by atoms with E-state index in [1.165, 1.54) is 0 Å². The highest BCUT2D eigenvalue weighted by atomic mass is 19.1. The van der Waals surface area contributed by atoms with E-state index in [1.54, 1.807) is 7.11 Å². The second-order valence-corrected chi connectivity index (χ2v) is 3.02. The fourth-order valence-corrected chi connectivity index (χ4v) is 1.52. The third-order valence-corrected chi connectivity index (χ3v) is 2.34. The summed E-state index contributed by atoms with van der Waals surface area (Å²) in [7, 11) is 1.64. The lowest BCUT2D eigenvalue weighted by Gasteiger charge is -2.44. The van der Waals surface area contributed by atoms with E-state index in [9.17, 15) is 4.39 Å². The Balaban J connectivity index is 2.31. The quantitative estimate of drug-likeness (QED) is 0.638. The molecule has 0 bridgehead atoms. The maximum absolute atomic E-state index is 12.0. The molecule has 0 amide bonds. The minimum absolute atomic E-state index is 0.184. The maximum atomic E-state index is 12.0. The number of alkyl halides is 1. The smallest absolute Gasteiger partial charge is 0.0924 e. The van der Waals surface area contributed by atoms with Crippen molar-refractivity contribution >= 4 is 0 Å². The number of hydrogen-bond acceptors (Lipinski definition) is 2. The second kappa shape index (κ2) is 2.84. The Labute approximate surface area is 60.5 Å². The molecule has 0 aromatic carbocycles. The van der Waals surface area contributed by atoms with Crippen molar-refractivity contribution < 1.29 is 9.13 Å². The van der Waals surface area contributed by atoms with Crippen molar-refractivity contribution in [2.24, 2.45) is 11.7 Å². The van der Waals surface area contributed by atoms with Gasteiger partial charge in [-0.3, -0.25) is 4.39 Å². The summed E-state index contributed by atoms with van der Waals surface area (Å²) >= 11 is 0. The van der Waals surface area contributed by atoms with Gasteiger partial charge in [-0.2, -0.15) is 0 Å². The Morgan fingerprint density at radius 1 is 1.70 bits per heavy atom. The molecular formula is C7H14FNO. The van der Waals surface area contributed by atoms with Gasteiger partial charge in [-0.1, -0.05) is 0 Å². The van der Waals surface area contributed by atoms with Crippen molar-refractivity contribution in [1.82, 2.24) is 0 Å². The average Bonchev–Trinajstić information content (AvgIpc) is 1.89. The van der Waals surface area contributed by atoms with Crippen LogP contribution in [0.5, 0.6) is 0 Å². The lowest BCUT2D eigenvalue weighted by molar-refractivity contribution is -0.102. The third kappa shape index (κ3) is 1.16. The summed E-state index contributed by atoms with van der Waals surface area (Å²) in [5.74, 6) is 0.198. The molecule has 10 heavy (non-hydrogen) atoms. The predicted octanol–water partition coefficient (Wildman–Crippen LogP) is 0.710. The highest BCUT2D eigenvalue weighted by molar-refractivity contribution is 4.96. The van der Waals surface area contributed by atoms with Crippen LogP contribution in [0.1, 0.15) is 12.8 Å². The molecule has 0 aromatic rings. The first-order valence-corrected chi connectivity index (χ1v) is 3.57. The Bertz CT molecular complexity index is 106. The van der Waals surface area contributed by atoms with Crippen molar-refractivity contribution in [2.45, 2.75) is 18.4 Å². The van der Waals surface area contributed by atoms with Gasteiger partial charge in [0.25, 0.3) is 0 Å². The molecule has 60 valence electrons. The fraction of sp³-hybridized carbons (Fsp3) is 1.00. The fourth-order valence-electron chi connectivity index (χ4n) is 1.52. The Hall–Kier alpha value is -0.150. The first kappa shape index (κ1) is 7.95. The van der Waals surface area contributed by atoms with E-state index in [2.05, 4.69) is 0 Å². The summed E-state index contributed by atoms with van der Waals surface area (Å²) in [6.07, 6.45) is 1.58. The molecule has 0 aromatic heterocycles. The van der Waals surface area contributed by atoms with Crippen molar-refractivity contribution in [1.29, 1.82) is 0 Å². The van der Waals surface area contributed by atoms with Crippen LogP contribution in [0.15, 0.2) is 0 Å². The third-order valence-electron chi connectivity index (χ3n) is 2.34. The van der Waals surface area contributed by atoms with Crippen LogP contribution < -0.4 is 5.73 Å². The van der Waals surface area contributed by atoms with Crippen LogP contribution in [0.2, 0.25) is 0 Å². The van der Waals surface area contributed by atoms with Gasteiger partial charge in [0.2, 0.25) is 0 Å². The Morgan fingerprint density at radius 2 is 2.30 bits per heavy atom. The maximum Gasteiger partial charge on any atom is 0.0924 e. The molecule has 0 atom stereocenters. The SMILES string of the molecule is COC1(CN)CC(CF)C1. The topological polar surface area (TPSA) is 35.2 Å². The molecule has 2 nitrogen and oxygen atoms in total. The van der Waals surface area contributed by atoms with E-state index in [0.29, 0.717) is 6.54 Å². The second-order valence-electron chi connectivity index (χ2n) is 3.02. The summed E-state index contributed by atoms with van der Waals surface area (Å²) in [5, 5.41) is 0. The molecule has 0 spiro atoms. The number of rotatable bonds is 3. The number of nitrogens with two attached hydrogens (primary N) is 1. The van der Waals surface area contributed by atoms with Gasteiger partial charge in [-0.05, 0) is 18.8 Å². The number of hydrogen-bond donors (Lipinski definition) is 1. The van der Waals surface area contributed by atoms with E-state index in [1.807, 2.05) is 0 Å². The minimum atomic E-state index is -0.231. The van der Waals surface area contributed by atoms with E-state index in [-0.39, 0.29) is 18.2 Å². The minimum Gasteiger partial charge on any atom is -0.377 e. The molecule has 0 saturated heterocycles. The highest BCUT2D eigenvalue weighted by Crippen LogP contribution is 2.39. The van der Waals surface area contributed by atoms with Gasteiger partial charge in [-0.15, -0.1) is 0 Å². The molecule has 1 aliphatic rings. The average molecular weight is 147 g/mol. The predicted molar refractivity (Wildman–Crippen MR) is 37.5 cm³/mol. The molecule has 3 heteroatoms. The molecule has 0 heterocycles. The number of halogens is 1. The summed E-state index contributed by atoms with van der Waals surface area (Å²) < 4.78 is 17.1. The molecule has 2 N–H and O–H groups in total. The summed E-state index contributed by atoms with van der Waals surface area (Å²) in [4.78, 5) is 0. The Morgan fingerprint density at radius 3 is 2.60 bits per heavy atom. The lowest BCUT2D eigenvalue weighted by atomic mass is 9.71. The van der Waals surface area contributed by atoms with Gasteiger partial charge in [0.05, 0.1) is 12.3 Å².